The Morgan fingerprint density at radius 2 is 1.78 bits per heavy atom. The predicted octanol–water partition coefficient (Wildman–Crippen LogP) is 4.04. The molecule has 0 radical (unpaired) electrons. The number of Topliss-reactive ketones (excluding diaryl/α,β-unsaturated/α-hetero) is 1. The van der Waals surface area contributed by atoms with Crippen LogP contribution in [0.2, 0.25) is 0 Å². The van der Waals surface area contributed by atoms with Gasteiger partial charge >= 0.3 is 0 Å². The fourth-order valence-electron chi connectivity index (χ4n) is 2.48. The van der Waals surface area contributed by atoms with E-state index < -0.39 is 0 Å². The first kappa shape index (κ1) is 17.6. The van der Waals surface area contributed by atoms with Crippen LogP contribution in [0, 0.1) is 17.3 Å². The van der Waals surface area contributed by atoms with Crippen molar-refractivity contribution in [2.45, 2.75) is 67.2 Å². The molecule has 0 saturated heterocycles. The molecule has 0 fully saturated rings. The monoisotopic (exact) mass is 255 g/mol. The van der Waals surface area contributed by atoms with Crippen molar-refractivity contribution < 1.29 is 4.79 Å². The lowest BCUT2D eigenvalue weighted by molar-refractivity contribution is -0.128. The molecule has 2 heteroatoms. The largest absolute Gasteiger partial charge is 0.317 e. The van der Waals surface area contributed by atoms with E-state index in [1.165, 1.54) is 6.42 Å². The van der Waals surface area contributed by atoms with Crippen molar-refractivity contribution in [1.29, 1.82) is 0 Å². The van der Waals surface area contributed by atoms with Gasteiger partial charge in [0.15, 0.2) is 0 Å². The van der Waals surface area contributed by atoms with Crippen molar-refractivity contribution in [1.82, 2.24) is 5.32 Å². The van der Waals surface area contributed by atoms with Gasteiger partial charge in [-0.1, -0.05) is 41.5 Å². The van der Waals surface area contributed by atoms with Gasteiger partial charge in [-0.15, -0.1) is 0 Å². The molecule has 0 amide bonds. The van der Waals surface area contributed by atoms with E-state index in [2.05, 4.69) is 46.9 Å². The molecule has 0 aliphatic rings. The summed E-state index contributed by atoms with van der Waals surface area (Å²) in [6.07, 6.45) is 4.00. The number of rotatable bonds is 10. The van der Waals surface area contributed by atoms with Gasteiger partial charge in [-0.25, -0.2) is 0 Å². The molecule has 0 saturated carbocycles. The van der Waals surface area contributed by atoms with Crippen LogP contribution in [0.3, 0.4) is 0 Å². The fraction of sp³-hybridized carbons (Fsp3) is 0.938. The lowest BCUT2D eigenvalue weighted by atomic mass is 9.77. The van der Waals surface area contributed by atoms with E-state index in [0.717, 1.165) is 32.4 Å². The quantitative estimate of drug-likeness (QED) is 0.597. The maximum atomic E-state index is 12.3. The molecule has 0 aliphatic heterocycles. The van der Waals surface area contributed by atoms with Crippen molar-refractivity contribution in [3.8, 4) is 0 Å². The molecule has 108 valence electrons. The Hall–Kier alpha value is -0.370. The Labute approximate surface area is 114 Å². The zero-order valence-corrected chi connectivity index (χ0v) is 13.3. The van der Waals surface area contributed by atoms with Crippen molar-refractivity contribution in [3.05, 3.63) is 0 Å². The lowest BCUT2D eigenvalue weighted by Gasteiger charge is -2.26. The van der Waals surface area contributed by atoms with Crippen molar-refractivity contribution in [2.75, 3.05) is 13.1 Å². The third-order valence-corrected chi connectivity index (χ3v) is 3.45. The average Bonchev–Trinajstić information content (AvgIpc) is 2.22. The topological polar surface area (TPSA) is 29.1 Å². The van der Waals surface area contributed by atoms with Crippen molar-refractivity contribution in [2.24, 2.45) is 17.3 Å². The zero-order valence-electron chi connectivity index (χ0n) is 13.3. The first-order chi connectivity index (χ1) is 8.29. The Bertz CT molecular complexity index is 233. The first-order valence-corrected chi connectivity index (χ1v) is 7.53. The van der Waals surface area contributed by atoms with Gasteiger partial charge in [-0.2, -0.15) is 0 Å². The second-order valence-electron chi connectivity index (χ2n) is 6.75. The van der Waals surface area contributed by atoms with E-state index in [0.29, 0.717) is 17.6 Å². The molecule has 0 aromatic carbocycles. The molecular weight excluding hydrogens is 222 g/mol. The van der Waals surface area contributed by atoms with E-state index in [4.69, 9.17) is 0 Å². The molecular formula is C16H33NO. The molecule has 1 unspecified atom stereocenters. The highest BCUT2D eigenvalue weighted by atomic mass is 16.1. The number of carbonyl (C=O) groups excluding carboxylic acids is 1. The summed E-state index contributed by atoms with van der Waals surface area (Å²) in [5.74, 6) is 1.51. The first-order valence-electron chi connectivity index (χ1n) is 7.53. The van der Waals surface area contributed by atoms with Crippen LogP contribution in [-0.4, -0.2) is 18.9 Å². The van der Waals surface area contributed by atoms with Gasteiger partial charge in [0, 0.05) is 11.8 Å². The highest BCUT2D eigenvalue weighted by molar-refractivity contribution is 5.84. The Kier molecular flexibility index (Phi) is 8.51. The third kappa shape index (κ3) is 7.86. The second-order valence-corrected chi connectivity index (χ2v) is 6.75. The summed E-state index contributed by atoms with van der Waals surface area (Å²) >= 11 is 0. The Morgan fingerprint density at radius 3 is 2.28 bits per heavy atom. The van der Waals surface area contributed by atoms with E-state index >= 15 is 0 Å². The predicted molar refractivity (Wildman–Crippen MR) is 79.8 cm³/mol. The minimum absolute atomic E-state index is 0.153. The minimum Gasteiger partial charge on any atom is -0.317 e. The molecule has 0 aromatic rings. The van der Waals surface area contributed by atoms with Crippen LogP contribution in [-0.2, 0) is 4.79 Å². The van der Waals surface area contributed by atoms with Gasteiger partial charge in [0.25, 0.3) is 0 Å². The summed E-state index contributed by atoms with van der Waals surface area (Å²) in [7, 11) is 0. The smallest absolute Gasteiger partial charge is 0.138 e. The normalized spacial score (nSPS) is 13.9. The minimum atomic E-state index is -0.153. The van der Waals surface area contributed by atoms with Crippen LogP contribution in [0.4, 0.5) is 0 Å². The second kappa shape index (κ2) is 8.68. The highest BCUT2D eigenvalue weighted by Gasteiger charge is 2.28. The van der Waals surface area contributed by atoms with Gasteiger partial charge in [0.05, 0.1) is 0 Å². The molecule has 0 aromatic heterocycles. The summed E-state index contributed by atoms with van der Waals surface area (Å²) in [5.41, 5.74) is -0.153. The van der Waals surface area contributed by atoms with Crippen LogP contribution in [0.15, 0.2) is 0 Å². The summed E-state index contributed by atoms with van der Waals surface area (Å²) in [6, 6.07) is 0. The fourth-order valence-corrected chi connectivity index (χ4v) is 2.48. The van der Waals surface area contributed by atoms with E-state index in [1.54, 1.807) is 0 Å². The van der Waals surface area contributed by atoms with Gasteiger partial charge in [0.1, 0.15) is 5.78 Å². The summed E-state index contributed by atoms with van der Waals surface area (Å²) < 4.78 is 0. The maximum Gasteiger partial charge on any atom is 0.138 e. The van der Waals surface area contributed by atoms with Gasteiger partial charge in [-0.3, -0.25) is 4.79 Å². The number of hydrogen-bond acceptors (Lipinski definition) is 2. The number of nitrogens with one attached hydrogen (secondary N) is 1. The molecule has 0 bridgehead atoms. The average molecular weight is 255 g/mol. The molecule has 1 N–H and O–H groups in total. The van der Waals surface area contributed by atoms with Gasteiger partial charge < -0.3 is 5.32 Å². The lowest BCUT2D eigenvalue weighted by Crippen LogP contribution is -2.28. The van der Waals surface area contributed by atoms with Crippen LogP contribution in [0.1, 0.15) is 67.2 Å². The van der Waals surface area contributed by atoms with Crippen LogP contribution in [0.25, 0.3) is 0 Å². The summed E-state index contributed by atoms with van der Waals surface area (Å²) in [5, 5.41) is 3.40. The van der Waals surface area contributed by atoms with Crippen molar-refractivity contribution >= 4 is 5.78 Å². The molecule has 0 spiro atoms. The number of carbonyl (C=O) groups is 1. The van der Waals surface area contributed by atoms with Gasteiger partial charge in [0.2, 0.25) is 0 Å². The molecule has 0 heterocycles. The standard InChI is InChI=1S/C16H33NO/c1-7-9-17-10-8-14(4)11-15(18)16(5,6)12-13(2)3/h13-14,17H,7-12H2,1-6H3. The third-order valence-electron chi connectivity index (χ3n) is 3.45. The maximum absolute atomic E-state index is 12.3. The van der Waals surface area contributed by atoms with Crippen molar-refractivity contribution in [3.63, 3.8) is 0 Å². The Balaban J connectivity index is 3.98. The number of hydrogen-bond donors (Lipinski definition) is 1. The molecule has 0 aliphatic carbocycles. The number of ketones is 1. The SMILES string of the molecule is CCCNCCC(C)CC(=O)C(C)(C)CC(C)C. The molecule has 18 heavy (non-hydrogen) atoms. The highest BCUT2D eigenvalue weighted by Crippen LogP contribution is 2.29. The molecule has 0 rings (SSSR count). The van der Waals surface area contributed by atoms with E-state index in [9.17, 15) is 4.79 Å². The summed E-state index contributed by atoms with van der Waals surface area (Å²) in [4.78, 5) is 12.3. The molecule has 2 nitrogen and oxygen atoms in total. The van der Waals surface area contributed by atoms with E-state index in [1.807, 2.05) is 0 Å². The van der Waals surface area contributed by atoms with Crippen LogP contribution < -0.4 is 5.32 Å². The summed E-state index contributed by atoms with van der Waals surface area (Å²) in [6.45, 7) is 15.0. The Morgan fingerprint density at radius 1 is 1.17 bits per heavy atom. The zero-order chi connectivity index (χ0) is 14.2. The van der Waals surface area contributed by atoms with E-state index in [-0.39, 0.29) is 5.41 Å². The van der Waals surface area contributed by atoms with Crippen LogP contribution >= 0.6 is 0 Å². The molecule has 1 atom stereocenters. The van der Waals surface area contributed by atoms with Crippen LogP contribution in [0.5, 0.6) is 0 Å². The van der Waals surface area contributed by atoms with Gasteiger partial charge in [-0.05, 0) is 44.2 Å².